The summed E-state index contributed by atoms with van der Waals surface area (Å²) in [6.45, 7) is 12.1. The van der Waals surface area contributed by atoms with Crippen LogP contribution in [0.4, 0.5) is 0 Å². The van der Waals surface area contributed by atoms with E-state index in [9.17, 15) is 0 Å². The molecule has 0 saturated carbocycles. The molecular weight excluding hydrogens is 352 g/mol. The molecule has 0 aliphatic heterocycles. The molecule has 0 aliphatic carbocycles. The van der Waals surface area contributed by atoms with E-state index in [0.29, 0.717) is 12.5 Å². The average Bonchev–Trinajstić information content (AvgIpc) is 2.71. The maximum absolute atomic E-state index is 5.94. The maximum Gasteiger partial charge on any atom is 0.119 e. The summed E-state index contributed by atoms with van der Waals surface area (Å²) in [5.41, 5.74) is 5.47. The largest absolute Gasteiger partial charge is 0.489 e. The molecule has 0 aliphatic rings. The fraction of sp³-hybridized carbons (Fsp3) is 0.321. The van der Waals surface area contributed by atoms with Gasteiger partial charge in [0.15, 0.2) is 0 Å². The van der Waals surface area contributed by atoms with E-state index in [1.54, 1.807) is 0 Å². The van der Waals surface area contributed by atoms with Gasteiger partial charge < -0.3 is 4.74 Å². The Morgan fingerprint density at radius 2 is 1.38 bits per heavy atom. The van der Waals surface area contributed by atoms with E-state index in [2.05, 4.69) is 95.3 Å². The highest BCUT2D eigenvalue weighted by Crippen LogP contribution is 2.35. The van der Waals surface area contributed by atoms with Crippen molar-refractivity contribution in [1.29, 1.82) is 0 Å². The van der Waals surface area contributed by atoms with Gasteiger partial charge in [-0.25, -0.2) is 0 Å². The molecule has 151 valence electrons. The van der Waals surface area contributed by atoms with Crippen LogP contribution in [-0.2, 0) is 18.4 Å². The molecule has 0 amide bonds. The van der Waals surface area contributed by atoms with E-state index in [1.807, 2.05) is 18.2 Å². The molecule has 0 heterocycles. The fourth-order valence-electron chi connectivity index (χ4n) is 3.69. The average molecular weight is 386 g/mol. The van der Waals surface area contributed by atoms with Crippen LogP contribution in [0.3, 0.4) is 0 Å². The zero-order valence-corrected chi connectivity index (χ0v) is 18.4. The van der Waals surface area contributed by atoms with Gasteiger partial charge in [-0.05, 0) is 52.1 Å². The lowest BCUT2D eigenvalue weighted by molar-refractivity contribution is 0.306. The standard InChI is InChI=1S/C28H33O/c1-21(2)26(25-13-9-10-14-27(25)28(3,4)5)19-22-15-17-24(18-16-22)29-20-23-11-7-6-8-12-23/h6-18,21H,19-20H2,1-5H3. The molecule has 0 aromatic heterocycles. The SMILES string of the molecule is CC(C)[C](Cc1ccc(OCc2ccccc2)cc1)c1ccccc1C(C)(C)C. The third kappa shape index (κ3) is 5.73. The van der Waals surface area contributed by atoms with Crippen molar-refractivity contribution in [2.45, 2.75) is 53.1 Å². The van der Waals surface area contributed by atoms with E-state index in [1.165, 1.54) is 28.2 Å². The Labute approximate surface area is 176 Å². The fourth-order valence-corrected chi connectivity index (χ4v) is 3.69. The van der Waals surface area contributed by atoms with Gasteiger partial charge in [-0.2, -0.15) is 0 Å². The van der Waals surface area contributed by atoms with Gasteiger partial charge in [0, 0.05) is 5.92 Å². The molecule has 0 bridgehead atoms. The van der Waals surface area contributed by atoms with Crippen molar-refractivity contribution in [3.8, 4) is 5.75 Å². The van der Waals surface area contributed by atoms with E-state index in [0.717, 1.165) is 12.2 Å². The Bertz CT molecular complexity index is 886. The Kier molecular flexibility index (Phi) is 6.79. The Balaban J connectivity index is 1.73. The first-order valence-corrected chi connectivity index (χ1v) is 10.6. The van der Waals surface area contributed by atoms with Crippen molar-refractivity contribution in [3.63, 3.8) is 0 Å². The lowest BCUT2D eigenvalue weighted by Crippen LogP contribution is -2.20. The number of benzene rings is 3. The van der Waals surface area contributed by atoms with Crippen molar-refractivity contribution in [2.24, 2.45) is 5.92 Å². The van der Waals surface area contributed by atoms with Gasteiger partial charge in [0.1, 0.15) is 12.4 Å². The van der Waals surface area contributed by atoms with Crippen LogP contribution in [0.2, 0.25) is 0 Å². The zero-order valence-electron chi connectivity index (χ0n) is 18.4. The number of hydrogen-bond donors (Lipinski definition) is 0. The molecule has 1 nitrogen and oxygen atoms in total. The summed E-state index contributed by atoms with van der Waals surface area (Å²) >= 11 is 0. The number of ether oxygens (including phenoxy) is 1. The number of rotatable bonds is 7. The van der Waals surface area contributed by atoms with Crippen LogP contribution in [0.15, 0.2) is 78.9 Å². The second kappa shape index (κ2) is 9.31. The minimum Gasteiger partial charge on any atom is -0.489 e. The van der Waals surface area contributed by atoms with Gasteiger partial charge >= 0.3 is 0 Å². The quantitative estimate of drug-likeness (QED) is 0.412. The second-order valence-electron chi connectivity index (χ2n) is 9.07. The Hall–Kier alpha value is -2.54. The van der Waals surface area contributed by atoms with E-state index >= 15 is 0 Å². The molecule has 0 atom stereocenters. The first-order chi connectivity index (χ1) is 13.8. The topological polar surface area (TPSA) is 9.23 Å². The lowest BCUT2D eigenvalue weighted by Gasteiger charge is -2.29. The van der Waals surface area contributed by atoms with Crippen LogP contribution in [-0.4, -0.2) is 0 Å². The number of hydrogen-bond acceptors (Lipinski definition) is 1. The van der Waals surface area contributed by atoms with Crippen LogP contribution in [0, 0.1) is 11.8 Å². The molecule has 0 fully saturated rings. The highest BCUT2D eigenvalue weighted by Gasteiger charge is 2.25. The van der Waals surface area contributed by atoms with Gasteiger partial charge in [-0.3, -0.25) is 0 Å². The summed E-state index contributed by atoms with van der Waals surface area (Å²) in [5, 5.41) is 0. The van der Waals surface area contributed by atoms with Gasteiger partial charge in [-0.1, -0.05) is 101 Å². The predicted molar refractivity (Wildman–Crippen MR) is 123 cm³/mol. The van der Waals surface area contributed by atoms with Gasteiger partial charge in [-0.15, -0.1) is 0 Å². The second-order valence-corrected chi connectivity index (χ2v) is 9.07. The molecule has 3 rings (SSSR count). The van der Waals surface area contributed by atoms with Gasteiger partial charge in [0.05, 0.1) is 0 Å². The van der Waals surface area contributed by atoms with Crippen LogP contribution in [0.25, 0.3) is 0 Å². The summed E-state index contributed by atoms with van der Waals surface area (Å²) in [6.07, 6.45) is 0.962. The molecule has 1 radical (unpaired) electrons. The summed E-state index contributed by atoms with van der Waals surface area (Å²) < 4.78 is 5.94. The van der Waals surface area contributed by atoms with Crippen molar-refractivity contribution < 1.29 is 4.74 Å². The molecule has 1 heteroatoms. The Morgan fingerprint density at radius 3 is 2.00 bits per heavy atom. The summed E-state index contributed by atoms with van der Waals surface area (Å²) in [4.78, 5) is 0. The smallest absolute Gasteiger partial charge is 0.119 e. The lowest BCUT2D eigenvalue weighted by atomic mass is 9.75. The van der Waals surface area contributed by atoms with Crippen LogP contribution >= 0.6 is 0 Å². The van der Waals surface area contributed by atoms with Crippen LogP contribution < -0.4 is 4.74 Å². The summed E-state index contributed by atoms with van der Waals surface area (Å²) in [6, 6.07) is 27.7. The van der Waals surface area contributed by atoms with E-state index < -0.39 is 0 Å². The van der Waals surface area contributed by atoms with Crippen LogP contribution in [0.1, 0.15) is 56.9 Å². The van der Waals surface area contributed by atoms with Crippen molar-refractivity contribution in [1.82, 2.24) is 0 Å². The van der Waals surface area contributed by atoms with Gasteiger partial charge in [0.25, 0.3) is 0 Å². The molecule has 29 heavy (non-hydrogen) atoms. The first-order valence-electron chi connectivity index (χ1n) is 10.6. The van der Waals surface area contributed by atoms with Gasteiger partial charge in [0.2, 0.25) is 0 Å². The zero-order chi connectivity index (χ0) is 20.9. The monoisotopic (exact) mass is 385 g/mol. The molecule has 0 unspecified atom stereocenters. The maximum atomic E-state index is 5.94. The minimum atomic E-state index is 0.131. The third-order valence-electron chi connectivity index (χ3n) is 5.34. The Morgan fingerprint density at radius 1 is 0.759 bits per heavy atom. The normalized spacial score (nSPS) is 11.8. The molecule has 0 spiro atoms. The van der Waals surface area contributed by atoms with Crippen molar-refractivity contribution >= 4 is 0 Å². The van der Waals surface area contributed by atoms with Crippen molar-refractivity contribution in [2.75, 3.05) is 0 Å². The third-order valence-corrected chi connectivity index (χ3v) is 5.34. The van der Waals surface area contributed by atoms with E-state index in [-0.39, 0.29) is 5.41 Å². The highest BCUT2D eigenvalue weighted by atomic mass is 16.5. The van der Waals surface area contributed by atoms with Crippen molar-refractivity contribution in [3.05, 3.63) is 107 Å². The molecule has 3 aromatic carbocycles. The molecule has 0 N–H and O–H groups in total. The minimum absolute atomic E-state index is 0.131. The summed E-state index contributed by atoms with van der Waals surface area (Å²) in [5.74, 6) is 2.90. The molecular formula is C28H33O. The predicted octanol–water partition coefficient (Wildman–Crippen LogP) is 7.38. The summed E-state index contributed by atoms with van der Waals surface area (Å²) in [7, 11) is 0. The molecule has 3 aromatic rings. The highest BCUT2D eigenvalue weighted by molar-refractivity contribution is 5.45. The van der Waals surface area contributed by atoms with Crippen LogP contribution in [0.5, 0.6) is 5.75 Å². The first kappa shape index (κ1) is 21.2. The van der Waals surface area contributed by atoms with E-state index in [4.69, 9.17) is 4.74 Å². The molecule has 0 saturated heterocycles.